The maximum absolute atomic E-state index is 13.8. The van der Waals surface area contributed by atoms with Crippen molar-refractivity contribution >= 4 is 27.6 Å². The van der Waals surface area contributed by atoms with Gasteiger partial charge in [0.1, 0.15) is 23.3 Å². The number of rotatable bonds is 7. The number of hydrogen-bond acceptors (Lipinski definition) is 6. The third kappa shape index (κ3) is 6.22. The van der Waals surface area contributed by atoms with E-state index in [2.05, 4.69) is 0 Å². The largest absolute Gasteiger partial charge is 0.486 e. The Morgan fingerprint density at radius 2 is 1.94 bits per heavy atom. The van der Waals surface area contributed by atoms with Crippen LogP contribution in [-0.2, 0) is 30.8 Å². The lowest BCUT2D eigenvalue weighted by molar-refractivity contribution is -0.154. The molecule has 0 amide bonds. The third-order valence-electron chi connectivity index (χ3n) is 4.79. The normalized spacial score (nSPS) is 16.0. The monoisotopic (exact) mass is 479 g/mol. The molecule has 0 saturated heterocycles. The number of carboxylic acid groups (broad SMARTS) is 1. The second-order valence-corrected chi connectivity index (χ2v) is 10.6. The highest BCUT2D eigenvalue weighted by Crippen LogP contribution is 2.38. The molecule has 1 aliphatic rings. The average molecular weight is 480 g/mol. The average Bonchev–Trinajstić information content (AvgIpc) is 2.70. The number of anilines is 1. The van der Waals surface area contributed by atoms with Gasteiger partial charge in [-0.25, -0.2) is 12.8 Å². The fourth-order valence-corrected chi connectivity index (χ4v) is 4.96. The van der Waals surface area contributed by atoms with Crippen molar-refractivity contribution in [3.8, 4) is 5.75 Å². The summed E-state index contributed by atoms with van der Waals surface area (Å²) >= 11 is 0. The van der Waals surface area contributed by atoms with Crippen molar-refractivity contribution in [3.63, 3.8) is 0 Å². The molecule has 10 heteroatoms. The quantitative estimate of drug-likeness (QED) is 0.605. The van der Waals surface area contributed by atoms with Gasteiger partial charge in [-0.2, -0.15) is 0 Å². The Morgan fingerprint density at radius 3 is 2.58 bits per heavy atom. The summed E-state index contributed by atoms with van der Waals surface area (Å²) in [5.74, 6) is -1.98. The fourth-order valence-electron chi connectivity index (χ4n) is 3.43. The summed E-state index contributed by atoms with van der Waals surface area (Å²) in [6, 6.07) is 9.31. The Bertz CT molecular complexity index is 1160. The van der Waals surface area contributed by atoms with Crippen LogP contribution in [0.25, 0.3) is 0 Å². The molecule has 33 heavy (non-hydrogen) atoms. The zero-order valence-electron chi connectivity index (χ0n) is 18.6. The van der Waals surface area contributed by atoms with Gasteiger partial charge in [-0.3, -0.25) is 13.9 Å². The number of carbonyl (C=O) groups is 2. The molecule has 2 aromatic rings. The van der Waals surface area contributed by atoms with Gasteiger partial charge in [0.05, 0.1) is 23.5 Å². The molecular weight excluding hydrogens is 453 g/mol. The zero-order valence-corrected chi connectivity index (χ0v) is 19.4. The van der Waals surface area contributed by atoms with Crippen LogP contribution in [0.4, 0.5) is 10.1 Å². The number of esters is 1. The van der Waals surface area contributed by atoms with Crippen molar-refractivity contribution in [2.45, 2.75) is 56.6 Å². The second kappa shape index (κ2) is 9.38. The number of benzene rings is 2. The summed E-state index contributed by atoms with van der Waals surface area (Å²) in [5, 5.41) is 9.00. The molecule has 0 saturated carbocycles. The molecule has 1 heterocycles. The van der Waals surface area contributed by atoms with E-state index in [0.29, 0.717) is 5.56 Å². The van der Waals surface area contributed by atoms with Crippen molar-refractivity contribution in [2.75, 3.05) is 10.8 Å². The first kappa shape index (κ1) is 24.5. The van der Waals surface area contributed by atoms with Crippen LogP contribution in [0.15, 0.2) is 47.4 Å². The van der Waals surface area contributed by atoms with Crippen molar-refractivity contribution in [2.24, 2.45) is 0 Å². The number of aliphatic carboxylic acids is 1. The van der Waals surface area contributed by atoms with Crippen molar-refractivity contribution in [3.05, 3.63) is 53.8 Å². The molecule has 1 atom stereocenters. The van der Waals surface area contributed by atoms with E-state index in [1.807, 2.05) is 0 Å². The minimum atomic E-state index is -4.19. The van der Waals surface area contributed by atoms with E-state index in [1.54, 1.807) is 26.8 Å². The van der Waals surface area contributed by atoms with Crippen LogP contribution in [0.1, 0.15) is 39.2 Å². The first-order valence-corrected chi connectivity index (χ1v) is 11.8. The van der Waals surface area contributed by atoms with Crippen molar-refractivity contribution < 1.29 is 37.0 Å². The lowest BCUT2D eigenvalue weighted by atomic mass is 10.1. The van der Waals surface area contributed by atoms with E-state index in [4.69, 9.17) is 14.6 Å². The van der Waals surface area contributed by atoms with E-state index in [0.717, 1.165) is 16.4 Å². The van der Waals surface area contributed by atoms with E-state index < -0.39 is 39.5 Å². The van der Waals surface area contributed by atoms with Crippen molar-refractivity contribution in [1.29, 1.82) is 0 Å². The number of carbonyl (C=O) groups excluding carboxylic acids is 1. The van der Waals surface area contributed by atoms with E-state index in [9.17, 15) is 22.4 Å². The van der Waals surface area contributed by atoms with Gasteiger partial charge in [0.15, 0.2) is 0 Å². The molecule has 1 aliphatic heterocycles. The molecule has 3 rings (SSSR count). The Hall–Kier alpha value is -3.14. The highest BCUT2D eigenvalue weighted by atomic mass is 32.2. The molecule has 1 N–H and O–H groups in total. The molecule has 0 bridgehead atoms. The van der Waals surface area contributed by atoms with Crippen LogP contribution in [0.3, 0.4) is 0 Å². The number of nitrogens with zero attached hydrogens (tertiary/aromatic N) is 1. The first-order chi connectivity index (χ1) is 15.3. The van der Waals surface area contributed by atoms with Crippen LogP contribution in [0.2, 0.25) is 0 Å². The summed E-state index contributed by atoms with van der Waals surface area (Å²) in [6.45, 7) is 5.08. The number of ether oxygens (including phenoxy) is 2. The van der Waals surface area contributed by atoms with Crippen LogP contribution in [0.5, 0.6) is 5.75 Å². The second-order valence-electron chi connectivity index (χ2n) is 8.73. The highest BCUT2D eigenvalue weighted by molar-refractivity contribution is 7.92. The molecule has 0 fully saturated rings. The van der Waals surface area contributed by atoms with Gasteiger partial charge in [0.25, 0.3) is 10.0 Å². The summed E-state index contributed by atoms with van der Waals surface area (Å²) < 4.78 is 52.8. The van der Waals surface area contributed by atoms with Crippen LogP contribution in [-0.4, -0.2) is 43.7 Å². The Labute approximate surface area is 192 Å². The van der Waals surface area contributed by atoms with Gasteiger partial charge in [-0.05, 0) is 63.1 Å². The van der Waals surface area contributed by atoms with Crippen LogP contribution in [0, 0.1) is 5.82 Å². The van der Waals surface area contributed by atoms with Gasteiger partial charge in [-0.15, -0.1) is 0 Å². The molecule has 0 radical (unpaired) electrons. The standard InChI is InChI=1S/C23H26FNO7S/c1-23(2,3)32-22(28)12-15-7-9-20-19(11-15)25(14-17(31-20)8-10-21(26)27)33(29,30)18-6-4-5-16(24)13-18/h4-7,9,11,13,17H,8,10,12,14H2,1-3H3,(H,26,27)/t17-/m0/s1. The number of hydrogen-bond donors (Lipinski definition) is 1. The van der Waals surface area contributed by atoms with E-state index in [1.165, 1.54) is 24.3 Å². The topological polar surface area (TPSA) is 110 Å². The van der Waals surface area contributed by atoms with Crippen LogP contribution >= 0.6 is 0 Å². The number of fused-ring (bicyclic) bond motifs is 1. The lowest BCUT2D eigenvalue weighted by Gasteiger charge is -2.35. The van der Waals surface area contributed by atoms with Gasteiger partial charge in [0, 0.05) is 6.42 Å². The summed E-state index contributed by atoms with van der Waals surface area (Å²) in [6.07, 6.45) is -0.914. The first-order valence-electron chi connectivity index (χ1n) is 10.4. The van der Waals surface area contributed by atoms with Gasteiger partial charge in [0.2, 0.25) is 0 Å². The number of sulfonamides is 1. The molecule has 0 spiro atoms. The van der Waals surface area contributed by atoms with Gasteiger partial charge >= 0.3 is 11.9 Å². The van der Waals surface area contributed by atoms with E-state index in [-0.39, 0.29) is 42.1 Å². The zero-order chi connectivity index (χ0) is 24.4. The summed E-state index contributed by atoms with van der Waals surface area (Å²) in [4.78, 5) is 23.0. The van der Waals surface area contributed by atoms with Crippen LogP contribution < -0.4 is 9.04 Å². The maximum Gasteiger partial charge on any atom is 0.310 e. The minimum Gasteiger partial charge on any atom is -0.486 e. The smallest absolute Gasteiger partial charge is 0.310 e. The molecule has 0 aromatic heterocycles. The SMILES string of the molecule is CC(C)(C)OC(=O)Cc1ccc2c(c1)N(S(=O)(=O)c1cccc(F)c1)C[C@H](CCC(=O)O)O2. The molecule has 178 valence electrons. The van der Waals surface area contributed by atoms with Gasteiger partial charge < -0.3 is 14.6 Å². The lowest BCUT2D eigenvalue weighted by Crippen LogP contribution is -2.43. The Balaban J connectivity index is 1.99. The summed E-state index contributed by atoms with van der Waals surface area (Å²) in [5.41, 5.74) is 0.0281. The predicted octanol–water partition coefficient (Wildman–Crippen LogP) is 3.53. The molecular formula is C23H26FNO7S. The molecule has 0 unspecified atom stereocenters. The fraction of sp³-hybridized carbons (Fsp3) is 0.391. The minimum absolute atomic E-state index is 0.0825. The van der Waals surface area contributed by atoms with E-state index >= 15 is 0 Å². The Morgan fingerprint density at radius 1 is 1.21 bits per heavy atom. The molecule has 0 aliphatic carbocycles. The number of halogens is 1. The maximum atomic E-state index is 13.8. The third-order valence-corrected chi connectivity index (χ3v) is 6.56. The van der Waals surface area contributed by atoms with Gasteiger partial charge in [-0.1, -0.05) is 12.1 Å². The highest BCUT2D eigenvalue weighted by Gasteiger charge is 2.35. The number of carboxylic acids is 1. The predicted molar refractivity (Wildman–Crippen MR) is 118 cm³/mol. The summed E-state index contributed by atoms with van der Waals surface area (Å²) in [7, 11) is -4.19. The Kier molecular flexibility index (Phi) is 6.97. The van der Waals surface area contributed by atoms with Crippen molar-refractivity contribution in [1.82, 2.24) is 0 Å². The molecule has 8 nitrogen and oxygen atoms in total. The molecule has 2 aromatic carbocycles.